The van der Waals surface area contributed by atoms with E-state index in [4.69, 9.17) is 4.74 Å². The first-order valence-corrected chi connectivity index (χ1v) is 7.15. The molecule has 1 aliphatic heterocycles. The van der Waals surface area contributed by atoms with Gasteiger partial charge in [0.25, 0.3) is 0 Å². The summed E-state index contributed by atoms with van der Waals surface area (Å²) in [5.74, 6) is 1.90. The van der Waals surface area contributed by atoms with Crippen LogP contribution < -0.4 is 10.1 Å². The summed E-state index contributed by atoms with van der Waals surface area (Å²) in [4.78, 5) is 0. The molecule has 1 aromatic carbocycles. The number of benzene rings is 1. The van der Waals surface area contributed by atoms with E-state index in [0.717, 1.165) is 30.2 Å². The second-order valence-corrected chi connectivity index (χ2v) is 5.15. The number of rotatable bonds is 3. The fourth-order valence-corrected chi connectivity index (χ4v) is 2.78. The molecule has 0 radical (unpaired) electrons. The molecule has 1 atom stereocenters. The lowest BCUT2D eigenvalue weighted by Crippen LogP contribution is -2.27. The van der Waals surface area contributed by atoms with Crippen molar-refractivity contribution in [3.05, 3.63) is 60.0 Å². The van der Waals surface area contributed by atoms with Crippen LogP contribution in [0.15, 0.2) is 48.7 Å². The highest BCUT2D eigenvalue weighted by Gasteiger charge is 2.20. The van der Waals surface area contributed by atoms with Gasteiger partial charge in [0.2, 0.25) is 0 Å². The summed E-state index contributed by atoms with van der Waals surface area (Å²) in [6, 6.07) is 14.4. The Morgan fingerprint density at radius 1 is 1.14 bits per heavy atom. The number of ether oxygens (including phenoxy) is 1. The summed E-state index contributed by atoms with van der Waals surface area (Å²) in [5, 5.41) is 12.0. The standard InChI is InChI=1S/C16H16N4O/c1-2-6-14-12(5-1)13(8-10-21-14)17-11-16-19-18-15-7-3-4-9-20(15)16/h1-7,9,13,17H,8,10-11H2. The average molecular weight is 280 g/mol. The summed E-state index contributed by atoms with van der Waals surface area (Å²) in [6.07, 6.45) is 2.96. The second-order valence-electron chi connectivity index (χ2n) is 5.15. The maximum atomic E-state index is 5.69. The van der Waals surface area contributed by atoms with Crippen LogP contribution in [0.1, 0.15) is 23.9 Å². The van der Waals surface area contributed by atoms with Crippen molar-refractivity contribution in [3.63, 3.8) is 0 Å². The van der Waals surface area contributed by atoms with E-state index in [1.807, 2.05) is 40.9 Å². The van der Waals surface area contributed by atoms with Crippen molar-refractivity contribution in [2.24, 2.45) is 0 Å². The maximum absolute atomic E-state index is 5.69. The largest absolute Gasteiger partial charge is 0.493 e. The molecule has 0 saturated carbocycles. The van der Waals surface area contributed by atoms with Crippen LogP contribution in [0.2, 0.25) is 0 Å². The van der Waals surface area contributed by atoms with Crippen LogP contribution in [0.25, 0.3) is 5.65 Å². The minimum atomic E-state index is 0.297. The maximum Gasteiger partial charge on any atom is 0.160 e. The third-order valence-corrected chi connectivity index (χ3v) is 3.85. The molecule has 5 heteroatoms. The minimum absolute atomic E-state index is 0.297. The summed E-state index contributed by atoms with van der Waals surface area (Å²) < 4.78 is 7.70. The van der Waals surface area contributed by atoms with Crippen LogP contribution >= 0.6 is 0 Å². The number of hydrogen-bond acceptors (Lipinski definition) is 4. The first-order chi connectivity index (χ1) is 10.4. The number of aromatic nitrogens is 3. The molecular weight excluding hydrogens is 264 g/mol. The second kappa shape index (κ2) is 5.18. The van der Waals surface area contributed by atoms with Crippen LogP contribution in [0, 0.1) is 0 Å². The van der Waals surface area contributed by atoms with Gasteiger partial charge < -0.3 is 10.1 Å². The molecule has 3 heterocycles. The molecule has 0 saturated heterocycles. The van der Waals surface area contributed by atoms with Gasteiger partial charge in [0.05, 0.1) is 13.2 Å². The molecule has 0 amide bonds. The number of para-hydroxylation sites is 1. The molecule has 3 aromatic rings. The predicted molar refractivity (Wildman–Crippen MR) is 79.1 cm³/mol. The lowest BCUT2D eigenvalue weighted by atomic mass is 10.0. The quantitative estimate of drug-likeness (QED) is 0.800. The molecule has 0 aliphatic carbocycles. The van der Waals surface area contributed by atoms with Gasteiger partial charge in [-0.25, -0.2) is 0 Å². The Bertz CT molecular complexity index is 768. The SMILES string of the molecule is c1ccc2c(c1)OCCC2NCc1nnc2ccccn12. The third kappa shape index (κ3) is 2.25. The highest BCUT2D eigenvalue weighted by atomic mass is 16.5. The van der Waals surface area contributed by atoms with E-state index in [0.29, 0.717) is 12.6 Å². The Kier molecular flexibility index (Phi) is 3.05. The van der Waals surface area contributed by atoms with Gasteiger partial charge in [-0.1, -0.05) is 24.3 Å². The van der Waals surface area contributed by atoms with Crippen molar-refractivity contribution in [1.29, 1.82) is 0 Å². The molecule has 21 heavy (non-hydrogen) atoms. The van der Waals surface area contributed by atoms with Crippen molar-refractivity contribution >= 4 is 5.65 Å². The van der Waals surface area contributed by atoms with Crippen molar-refractivity contribution < 1.29 is 4.74 Å². The van der Waals surface area contributed by atoms with Crippen LogP contribution in [0.4, 0.5) is 0 Å². The van der Waals surface area contributed by atoms with Gasteiger partial charge in [0.15, 0.2) is 11.5 Å². The zero-order valence-corrected chi connectivity index (χ0v) is 11.6. The normalized spacial score (nSPS) is 17.4. The van der Waals surface area contributed by atoms with Gasteiger partial charge in [-0.05, 0) is 18.2 Å². The summed E-state index contributed by atoms with van der Waals surface area (Å²) in [6.45, 7) is 1.43. The van der Waals surface area contributed by atoms with E-state index in [-0.39, 0.29) is 0 Å². The topological polar surface area (TPSA) is 51.5 Å². The lowest BCUT2D eigenvalue weighted by molar-refractivity contribution is 0.251. The fraction of sp³-hybridized carbons (Fsp3) is 0.250. The van der Waals surface area contributed by atoms with E-state index >= 15 is 0 Å². The summed E-state index contributed by atoms with van der Waals surface area (Å²) in [5.41, 5.74) is 2.10. The molecule has 1 N–H and O–H groups in total. The van der Waals surface area contributed by atoms with E-state index in [9.17, 15) is 0 Å². The molecule has 0 bridgehead atoms. The number of fused-ring (bicyclic) bond motifs is 2. The number of hydrogen-bond donors (Lipinski definition) is 1. The number of nitrogens with zero attached hydrogens (tertiary/aromatic N) is 3. The predicted octanol–water partition coefficient (Wildman–Crippen LogP) is 2.34. The fourth-order valence-electron chi connectivity index (χ4n) is 2.78. The van der Waals surface area contributed by atoms with E-state index in [2.05, 4.69) is 27.6 Å². The Balaban J connectivity index is 1.55. The van der Waals surface area contributed by atoms with Gasteiger partial charge in [-0.15, -0.1) is 10.2 Å². The molecule has 1 unspecified atom stereocenters. The minimum Gasteiger partial charge on any atom is -0.493 e. The summed E-state index contributed by atoms with van der Waals surface area (Å²) >= 11 is 0. The molecule has 4 rings (SSSR count). The van der Waals surface area contributed by atoms with Gasteiger partial charge in [-0.2, -0.15) is 0 Å². The Morgan fingerprint density at radius 2 is 2.05 bits per heavy atom. The third-order valence-electron chi connectivity index (χ3n) is 3.85. The van der Waals surface area contributed by atoms with Crippen LogP contribution in [-0.4, -0.2) is 21.2 Å². The monoisotopic (exact) mass is 280 g/mol. The molecule has 1 aliphatic rings. The number of nitrogens with one attached hydrogen (secondary N) is 1. The van der Waals surface area contributed by atoms with Crippen molar-refractivity contribution in [3.8, 4) is 5.75 Å². The van der Waals surface area contributed by atoms with Crippen LogP contribution in [0.3, 0.4) is 0 Å². The van der Waals surface area contributed by atoms with Gasteiger partial charge in [-0.3, -0.25) is 4.40 Å². The van der Waals surface area contributed by atoms with Crippen molar-refractivity contribution in [2.45, 2.75) is 19.0 Å². The number of pyridine rings is 1. The lowest BCUT2D eigenvalue weighted by Gasteiger charge is -2.26. The smallest absolute Gasteiger partial charge is 0.160 e. The summed E-state index contributed by atoms with van der Waals surface area (Å²) in [7, 11) is 0. The Hall–Kier alpha value is -2.40. The van der Waals surface area contributed by atoms with E-state index in [1.54, 1.807) is 0 Å². The van der Waals surface area contributed by atoms with Gasteiger partial charge >= 0.3 is 0 Å². The van der Waals surface area contributed by atoms with Gasteiger partial charge in [0, 0.05) is 24.2 Å². The first-order valence-electron chi connectivity index (χ1n) is 7.15. The zero-order chi connectivity index (χ0) is 14.1. The first kappa shape index (κ1) is 12.3. The van der Waals surface area contributed by atoms with Gasteiger partial charge in [0.1, 0.15) is 5.75 Å². The Morgan fingerprint density at radius 3 is 3.05 bits per heavy atom. The van der Waals surface area contributed by atoms with Crippen molar-refractivity contribution in [1.82, 2.24) is 19.9 Å². The molecule has 0 fully saturated rings. The molecule has 2 aromatic heterocycles. The van der Waals surface area contributed by atoms with Crippen molar-refractivity contribution in [2.75, 3.05) is 6.61 Å². The molecule has 0 spiro atoms. The molecule has 106 valence electrons. The average Bonchev–Trinajstić information content (AvgIpc) is 2.96. The zero-order valence-electron chi connectivity index (χ0n) is 11.6. The highest BCUT2D eigenvalue weighted by molar-refractivity contribution is 5.38. The Labute approximate surface area is 122 Å². The van der Waals surface area contributed by atoms with Crippen LogP contribution in [-0.2, 0) is 6.54 Å². The van der Waals surface area contributed by atoms with Crippen LogP contribution in [0.5, 0.6) is 5.75 Å². The highest BCUT2D eigenvalue weighted by Crippen LogP contribution is 2.31. The molecular formula is C16H16N4O. The molecule has 5 nitrogen and oxygen atoms in total. The van der Waals surface area contributed by atoms with E-state index in [1.165, 1.54) is 5.56 Å². The van der Waals surface area contributed by atoms with E-state index < -0.39 is 0 Å².